The van der Waals surface area contributed by atoms with Crippen LogP contribution >= 0.6 is 0 Å². The van der Waals surface area contributed by atoms with Crippen molar-refractivity contribution in [2.45, 2.75) is 32.6 Å². The third-order valence-corrected chi connectivity index (χ3v) is 3.41. The standard InChI is InChI=1S/C15H22N2O4/c1-3-4-8-16(9-10-18)15(19)12(2)13-6-5-7-14(11-13)17(20)21/h5-7,11-12,18H,3-4,8-10H2,1-2H3. The Hall–Kier alpha value is -1.95. The van der Waals surface area contributed by atoms with Gasteiger partial charge in [0.25, 0.3) is 5.69 Å². The van der Waals surface area contributed by atoms with Gasteiger partial charge in [-0.3, -0.25) is 14.9 Å². The SMILES string of the molecule is CCCCN(CCO)C(=O)C(C)c1cccc([N+](=O)[O-])c1. The number of hydrogen-bond donors (Lipinski definition) is 1. The van der Waals surface area contributed by atoms with Crippen molar-refractivity contribution in [1.29, 1.82) is 0 Å². The number of nitrogens with zero attached hydrogens (tertiary/aromatic N) is 2. The van der Waals surface area contributed by atoms with E-state index in [9.17, 15) is 14.9 Å². The number of nitro groups is 1. The van der Waals surface area contributed by atoms with E-state index in [1.807, 2.05) is 6.92 Å². The second kappa shape index (κ2) is 8.36. The van der Waals surface area contributed by atoms with E-state index in [4.69, 9.17) is 5.11 Å². The number of amides is 1. The zero-order valence-corrected chi connectivity index (χ0v) is 12.5. The molecule has 1 atom stereocenters. The summed E-state index contributed by atoms with van der Waals surface area (Å²) < 4.78 is 0. The minimum Gasteiger partial charge on any atom is -0.395 e. The van der Waals surface area contributed by atoms with Gasteiger partial charge < -0.3 is 10.0 Å². The molecule has 1 amide bonds. The number of aliphatic hydroxyl groups excluding tert-OH is 1. The van der Waals surface area contributed by atoms with Crippen LogP contribution in [-0.4, -0.2) is 40.5 Å². The minimum atomic E-state index is -0.469. The molecule has 0 spiro atoms. The highest BCUT2D eigenvalue weighted by Gasteiger charge is 2.22. The lowest BCUT2D eigenvalue weighted by Crippen LogP contribution is -2.37. The van der Waals surface area contributed by atoms with Gasteiger partial charge in [-0.05, 0) is 18.9 Å². The molecule has 0 aliphatic carbocycles. The van der Waals surface area contributed by atoms with Gasteiger partial charge >= 0.3 is 0 Å². The van der Waals surface area contributed by atoms with Gasteiger partial charge in [0.15, 0.2) is 0 Å². The van der Waals surface area contributed by atoms with Gasteiger partial charge in [-0.25, -0.2) is 0 Å². The number of carbonyl (C=O) groups excluding carboxylic acids is 1. The van der Waals surface area contributed by atoms with Gasteiger partial charge in [0, 0.05) is 25.2 Å². The molecule has 1 aromatic carbocycles. The van der Waals surface area contributed by atoms with Crippen LogP contribution in [0.2, 0.25) is 0 Å². The van der Waals surface area contributed by atoms with Crippen molar-refractivity contribution in [2.75, 3.05) is 19.7 Å². The fourth-order valence-electron chi connectivity index (χ4n) is 2.13. The largest absolute Gasteiger partial charge is 0.395 e. The van der Waals surface area contributed by atoms with Gasteiger partial charge in [0.1, 0.15) is 0 Å². The van der Waals surface area contributed by atoms with E-state index in [1.165, 1.54) is 12.1 Å². The minimum absolute atomic E-state index is 0.0191. The Morgan fingerprint density at radius 3 is 2.71 bits per heavy atom. The number of nitro benzene ring substituents is 1. The summed E-state index contributed by atoms with van der Waals surface area (Å²) >= 11 is 0. The molecule has 0 aliphatic heterocycles. The van der Waals surface area contributed by atoms with Crippen LogP contribution in [0, 0.1) is 10.1 Å². The van der Waals surface area contributed by atoms with Gasteiger partial charge in [-0.1, -0.05) is 25.5 Å². The molecule has 1 unspecified atom stereocenters. The Morgan fingerprint density at radius 1 is 1.43 bits per heavy atom. The average Bonchev–Trinajstić information content (AvgIpc) is 2.50. The van der Waals surface area contributed by atoms with Crippen LogP contribution in [0.3, 0.4) is 0 Å². The molecular weight excluding hydrogens is 272 g/mol. The molecule has 1 N–H and O–H groups in total. The lowest BCUT2D eigenvalue weighted by atomic mass is 9.99. The lowest BCUT2D eigenvalue weighted by molar-refractivity contribution is -0.384. The zero-order valence-electron chi connectivity index (χ0n) is 12.5. The molecule has 21 heavy (non-hydrogen) atoms. The van der Waals surface area contributed by atoms with E-state index in [1.54, 1.807) is 24.0 Å². The molecule has 0 saturated heterocycles. The summed E-state index contributed by atoms with van der Waals surface area (Å²) in [7, 11) is 0. The van der Waals surface area contributed by atoms with Gasteiger partial charge in [-0.15, -0.1) is 0 Å². The number of rotatable bonds is 8. The van der Waals surface area contributed by atoms with Crippen molar-refractivity contribution in [3.8, 4) is 0 Å². The van der Waals surface area contributed by atoms with Crippen molar-refractivity contribution in [3.63, 3.8) is 0 Å². The van der Waals surface area contributed by atoms with E-state index in [0.29, 0.717) is 12.1 Å². The zero-order chi connectivity index (χ0) is 15.8. The summed E-state index contributed by atoms with van der Waals surface area (Å²) in [6, 6.07) is 6.13. The van der Waals surface area contributed by atoms with E-state index in [2.05, 4.69) is 0 Å². The van der Waals surface area contributed by atoms with Gasteiger partial charge in [0.2, 0.25) is 5.91 Å². The highest BCUT2D eigenvalue weighted by Crippen LogP contribution is 2.22. The summed E-state index contributed by atoms with van der Waals surface area (Å²) in [6.07, 6.45) is 1.83. The van der Waals surface area contributed by atoms with Crippen LogP contribution in [-0.2, 0) is 4.79 Å². The molecule has 6 nitrogen and oxygen atoms in total. The Morgan fingerprint density at radius 2 is 2.14 bits per heavy atom. The summed E-state index contributed by atoms with van der Waals surface area (Å²) in [6.45, 7) is 4.56. The number of unbranched alkanes of at least 4 members (excludes halogenated alkanes) is 1. The monoisotopic (exact) mass is 294 g/mol. The summed E-state index contributed by atoms with van der Waals surface area (Å²) in [4.78, 5) is 24.4. The molecule has 6 heteroatoms. The molecule has 0 fully saturated rings. The predicted molar refractivity (Wildman–Crippen MR) is 80.1 cm³/mol. The Labute approximate surface area is 124 Å². The number of aliphatic hydroxyl groups is 1. The quantitative estimate of drug-likeness (QED) is 0.589. The first-order valence-corrected chi connectivity index (χ1v) is 7.15. The first-order valence-electron chi connectivity index (χ1n) is 7.15. The van der Waals surface area contributed by atoms with Crippen molar-refractivity contribution in [2.24, 2.45) is 0 Å². The highest BCUT2D eigenvalue weighted by molar-refractivity contribution is 5.83. The van der Waals surface area contributed by atoms with Crippen molar-refractivity contribution < 1.29 is 14.8 Å². The topological polar surface area (TPSA) is 83.7 Å². The molecule has 0 radical (unpaired) electrons. The van der Waals surface area contributed by atoms with E-state index in [0.717, 1.165) is 12.8 Å². The maximum absolute atomic E-state index is 12.5. The molecule has 0 aromatic heterocycles. The van der Waals surface area contributed by atoms with Crippen LogP contribution < -0.4 is 0 Å². The molecule has 0 aliphatic rings. The van der Waals surface area contributed by atoms with E-state index >= 15 is 0 Å². The van der Waals surface area contributed by atoms with Crippen molar-refractivity contribution in [1.82, 2.24) is 4.90 Å². The summed E-state index contributed by atoms with van der Waals surface area (Å²) in [5.74, 6) is -0.577. The van der Waals surface area contributed by atoms with E-state index < -0.39 is 10.8 Å². The van der Waals surface area contributed by atoms with Crippen LogP contribution in [0.4, 0.5) is 5.69 Å². The Balaban J connectivity index is 2.88. The van der Waals surface area contributed by atoms with Crippen LogP contribution in [0.1, 0.15) is 38.2 Å². The van der Waals surface area contributed by atoms with Crippen molar-refractivity contribution in [3.05, 3.63) is 39.9 Å². The fourth-order valence-corrected chi connectivity index (χ4v) is 2.13. The molecule has 0 saturated carbocycles. The number of benzene rings is 1. The summed E-state index contributed by atoms with van der Waals surface area (Å²) in [5, 5.41) is 19.9. The molecule has 0 heterocycles. The number of hydrogen-bond acceptors (Lipinski definition) is 4. The molecule has 0 bridgehead atoms. The normalized spacial score (nSPS) is 12.0. The lowest BCUT2D eigenvalue weighted by Gasteiger charge is -2.25. The highest BCUT2D eigenvalue weighted by atomic mass is 16.6. The van der Waals surface area contributed by atoms with Gasteiger partial charge in [0.05, 0.1) is 17.4 Å². The average molecular weight is 294 g/mol. The third kappa shape index (κ3) is 4.82. The van der Waals surface area contributed by atoms with Crippen molar-refractivity contribution >= 4 is 11.6 Å². The Kier molecular flexibility index (Phi) is 6.81. The maximum atomic E-state index is 12.5. The fraction of sp³-hybridized carbons (Fsp3) is 0.533. The van der Waals surface area contributed by atoms with Crippen LogP contribution in [0.5, 0.6) is 0 Å². The van der Waals surface area contributed by atoms with Gasteiger partial charge in [-0.2, -0.15) is 0 Å². The first-order chi connectivity index (χ1) is 10.0. The molecule has 1 aromatic rings. The number of carbonyl (C=O) groups is 1. The molecule has 116 valence electrons. The second-order valence-electron chi connectivity index (χ2n) is 4.98. The van der Waals surface area contributed by atoms with Crippen LogP contribution in [0.25, 0.3) is 0 Å². The maximum Gasteiger partial charge on any atom is 0.269 e. The van der Waals surface area contributed by atoms with Crippen LogP contribution in [0.15, 0.2) is 24.3 Å². The first kappa shape index (κ1) is 17.1. The predicted octanol–water partition coefficient (Wildman–Crippen LogP) is 2.32. The Bertz CT molecular complexity index is 490. The molecule has 1 rings (SSSR count). The molecular formula is C15H22N2O4. The number of non-ortho nitro benzene ring substituents is 1. The summed E-state index contributed by atoms with van der Waals surface area (Å²) in [5.41, 5.74) is 0.600. The smallest absolute Gasteiger partial charge is 0.269 e. The second-order valence-corrected chi connectivity index (χ2v) is 4.98. The third-order valence-electron chi connectivity index (χ3n) is 3.41. The van der Waals surface area contributed by atoms with E-state index in [-0.39, 0.29) is 24.7 Å².